The number of fused-ring (bicyclic) bond motifs is 1. The molecule has 1 N–H and O–H groups in total. The molecule has 7 heteroatoms. The summed E-state index contributed by atoms with van der Waals surface area (Å²) >= 11 is 0. The minimum atomic E-state index is -0.474. The lowest BCUT2D eigenvalue weighted by molar-refractivity contribution is -0.126. The molecular formula is C28H33N3O4. The fraction of sp³-hybridized carbons (Fsp3) is 0.429. The predicted molar refractivity (Wildman–Crippen MR) is 133 cm³/mol. The normalized spacial score (nSPS) is 24.9. The van der Waals surface area contributed by atoms with Crippen molar-refractivity contribution in [3.8, 4) is 5.75 Å². The van der Waals surface area contributed by atoms with E-state index in [2.05, 4.69) is 54.9 Å². The van der Waals surface area contributed by atoms with Gasteiger partial charge in [0.05, 0.1) is 19.8 Å². The summed E-state index contributed by atoms with van der Waals surface area (Å²) in [6, 6.07) is 14.4. The topological polar surface area (TPSA) is 71.1 Å². The molecule has 0 spiro atoms. The number of carbonyl (C=O) groups is 2. The lowest BCUT2D eigenvalue weighted by Crippen LogP contribution is -2.49. The van der Waals surface area contributed by atoms with Crippen molar-refractivity contribution in [1.29, 1.82) is 0 Å². The Bertz CT molecular complexity index is 1120. The molecule has 1 unspecified atom stereocenters. The van der Waals surface area contributed by atoms with Crippen LogP contribution in [0.5, 0.6) is 5.75 Å². The Morgan fingerprint density at radius 3 is 2.49 bits per heavy atom. The van der Waals surface area contributed by atoms with Crippen molar-refractivity contribution in [1.82, 2.24) is 15.1 Å². The van der Waals surface area contributed by atoms with E-state index >= 15 is 0 Å². The molecule has 2 aromatic carbocycles. The van der Waals surface area contributed by atoms with Gasteiger partial charge in [0.25, 0.3) is 5.91 Å². The molecule has 3 atom stereocenters. The second-order valence-corrected chi connectivity index (χ2v) is 9.88. The monoisotopic (exact) mass is 475 g/mol. The minimum Gasteiger partial charge on any atom is -0.489 e. The van der Waals surface area contributed by atoms with Crippen LogP contribution in [-0.2, 0) is 29.2 Å². The summed E-state index contributed by atoms with van der Waals surface area (Å²) in [6.07, 6.45) is 1.27. The second kappa shape index (κ2) is 9.84. The van der Waals surface area contributed by atoms with Crippen molar-refractivity contribution in [2.45, 2.75) is 64.5 Å². The number of rotatable bonds is 6. The Labute approximate surface area is 206 Å². The minimum absolute atomic E-state index is 0.117. The molecule has 0 bridgehead atoms. The maximum Gasteiger partial charge on any atom is 0.255 e. The van der Waals surface area contributed by atoms with E-state index in [4.69, 9.17) is 9.47 Å². The van der Waals surface area contributed by atoms with Crippen LogP contribution in [0.25, 0.3) is 0 Å². The van der Waals surface area contributed by atoms with Crippen LogP contribution in [0.2, 0.25) is 0 Å². The highest BCUT2D eigenvalue weighted by Crippen LogP contribution is 2.34. The van der Waals surface area contributed by atoms with E-state index in [-0.39, 0.29) is 11.8 Å². The number of hydrogen-bond acceptors (Lipinski definition) is 5. The van der Waals surface area contributed by atoms with E-state index < -0.39 is 6.04 Å². The highest BCUT2D eigenvalue weighted by molar-refractivity contribution is 6.02. The molecule has 184 valence electrons. The van der Waals surface area contributed by atoms with Gasteiger partial charge in [-0.15, -0.1) is 0 Å². The number of carbonyl (C=O) groups excluding carboxylic acids is 2. The van der Waals surface area contributed by atoms with Gasteiger partial charge in [-0.2, -0.15) is 0 Å². The van der Waals surface area contributed by atoms with E-state index in [9.17, 15) is 9.59 Å². The number of allylic oxidation sites excluding steroid dienone is 1. The maximum absolute atomic E-state index is 13.1. The van der Waals surface area contributed by atoms with Gasteiger partial charge >= 0.3 is 0 Å². The average molecular weight is 476 g/mol. The fourth-order valence-corrected chi connectivity index (χ4v) is 5.23. The standard InChI is InChI=1S/C28H33N3O4/c1-18-7-12-25(27(32)29-18)31-14-24-23(28(31)33)5-4-6-26(24)35-17-22-10-8-21(9-11-22)13-30-19(2)15-34-16-20(30)3/h4-6,8-11,19-20,25H,1,7,12-17H2,2-3H3,(H,29,32)/t19-,20-,25?/m0/s1. The van der Waals surface area contributed by atoms with Crippen molar-refractivity contribution in [2.75, 3.05) is 13.2 Å². The first kappa shape index (κ1) is 23.6. The molecule has 3 heterocycles. The van der Waals surface area contributed by atoms with Gasteiger partial charge in [0.2, 0.25) is 5.91 Å². The first-order valence-corrected chi connectivity index (χ1v) is 12.4. The number of nitrogens with zero attached hydrogens (tertiary/aromatic N) is 2. The van der Waals surface area contributed by atoms with Gasteiger partial charge in [0.15, 0.2) is 0 Å². The molecule has 2 amide bonds. The SMILES string of the molecule is C=C1CCC(N2Cc3c(OCc4ccc(CN5[C@@H](C)COC[C@@H]5C)cc4)cccc3C2=O)C(=O)N1. The number of amides is 2. The lowest BCUT2D eigenvalue weighted by Gasteiger charge is -2.38. The van der Waals surface area contributed by atoms with Gasteiger partial charge < -0.3 is 19.7 Å². The summed E-state index contributed by atoms with van der Waals surface area (Å²) < 4.78 is 11.8. The molecule has 3 aliphatic heterocycles. The molecule has 0 radical (unpaired) electrons. The van der Waals surface area contributed by atoms with Crippen molar-refractivity contribution in [3.63, 3.8) is 0 Å². The smallest absolute Gasteiger partial charge is 0.255 e. The summed E-state index contributed by atoms with van der Waals surface area (Å²) in [7, 11) is 0. The Hall–Kier alpha value is -3.16. The number of morpholine rings is 1. The zero-order chi connectivity index (χ0) is 24.5. The molecule has 2 fully saturated rings. The van der Waals surface area contributed by atoms with E-state index in [1.807, 2.05) is 18.2 Å². The van der Waals surface area contributed by atoms with Gasteiger partial charge in [-0.1, -0.05) is 36.9 Å². The summed E-state index contributed by atoms with van der Waals surface area (Å²) in [5.41, 5.74) is 4.51. The molecule has 0 aromatic heterocycles. The van der Waals surface area contributed by atoms with Gasteiger partial charge in [0.1, 0.15) is 18.4 Å². The average Bonchev–Trinajstić information content (AvgIpc) is 3.18. The van der Waals surface area contributed by atoms with Crippen LogP contribution in [0.4, 0.5) is 0 Å². The largest absolute Gasteiger partial charge is 0.489 e. The van der Waals surface area contributed by atoms with Crippen LogP contribution < -0.4 is 10.1 Å². The molecule has 2 saturated heterocycles. The highest BCUT2D eigenvalue weighted by atomic mass is 16.5. The molecule has 35 heavy (non-hydrogen) atoms. The lowest BCUT2D eigenvalue weighted by atomic mass is 10.0. The molecule has 2 aromatic rings. The fourth-order valence-electron chi connectivity index (χ4n) is 5.23. The molecule has 0 aliphatic carbocycles. The number of nitrogens with one attached hydrogen (secondary N) is 1. The van der Waals surface area contributed by atoms with Crippen LogP contribution in [0.3, 0.4) is 0 Å². The number of ether oxygens (including phenoxy) is 2. The Morgan fingerprint density at radius 1 is 1.06 bits per heavy atom. The molecular weight excluding hydrogens is 442 g/mol. The maximum atomic E-state index is 13.1. The Balaban J connectivity index is 1.23. The quantitative estimate of drug-likeness (QED) is 0.691. The molecule has 0 saturated carbocycles. The third-order valence-electron chi connectivity index (χ3n) is 7.28. The van der Waals surface area contributed by atoms with E-state index in [1.165, 1.54) is 5.56 Å². The van der Waals surface area contributed by atoms with Gasteiger partial charge in [-0.25, -0.2) is 0 Å². The van der Waals surface area contributed by atoms with Crippen LogP contribution in [0, 0.1) is 0 Å². The number of benzene rings is 2. The van der Waals surface area contributed by atoms with Gasteiger partial charge in [-0.05, 0) is 49.9 Å². The summed E-state index contributed by atoms with van der Waals surface area (Å²) in [4.78, 5) is 29.7. The van der Waals surface area contributed by atoms with Crippen molar-refractivity contribution in [3.05, 3.63) is 77.0 Å². The van der Waals surface area contributed by atoms with Crippen molar-refractivity contribution >= 4 is 11.8 Å². The molecule has 5 rings (SSSR count). The zero-order valence-corrected chi connectivity index (χ0v) is 20.5. The molecule has 3 aliphatic rings. The van der Waals surface area contributed by atoms with Crippen LogP contribution in [0.1, 0.15) is 53.7 Å². The van der Waals surface area contributed by atoms with E-state index in [1.54, 1.807) is 4.90 Å². The first-order valence-electron chi connectivity index (χ1n) is 12.4. The molecule has 7 nitrogen and oxygen atoms in total. The van der Waals surface area contributed by atoms with Crippen molar-refractivity contribution < 1.29 is 19.1 Å². The Morgan fingerprint density at radius 2 is 1.77 bits per heavy atom. The summed E-state index contributed by atoms with van der Waals surface area (Å²) in [5, 5.41) is 2.78. The Kier molecular flexibility index (Phi) is 6.62. The van der Waals surface area contributed by atoms with Crippen molar-refractivity contribution in [2.24, 2.45) is 0 Å². The third kappa shape index (κ3) is 4.83. The predicted octanol–water partition coefficient (Wildman–Crippen LogP) is 3.62. The number of piperidine rings is 1. The third-order valence-corrected chi connectivity index (χ3v) is 7.28. The zero-order valence-electron chi connectivity index (χ0n) is 20.5. The van der Waals surface area contributed by atoms with Crippen LogP contribution >= 0.6 is 0 Å². The van der Waals surface area contributed by atoms with E-state index in [0.717, 1.165) is 30.9 Å². The summed E-state index contributed by atoms with van der Waals surface area (Å²) in [5.74, 6) is 0.416. The highest BCUT2D eigenvalue weighted by Gasteiger charge is 2.39. The summed E-state index contributed by atoms with van der Waals surface area (Å²) in [6.45, 7) is 11.5. The van der Waals surface area contributed by atoms with Gasteiger partial charge in [-0.3, -0.25) is 14.5 Å². The van der Waals surface area contributed by atoms with E-state index in [0.29, 0.717) is 55.1 Å². The van der Waals surface area contributed by atoms with Gasteiger partial charge in [0, 0.05) is 35.5 Å². The van der Waals surface area contributed by atoms with Crippen LogP contribution in [-0.4, -0.2) is 53.0 Å². The second-order valence-electron chi connectivity index (χ2n) is 9.88. The van der Waals surface area contributed by atoms with Crippen LogP contribution in [0.15, 0.2) is 54.7 Å². The number of hydrogen-bond donors (Lipinski definition) is 1. The first-order chi connectivity index (χ1) is 16.9.